The highest BCUT2D eigenvalue weighted by Crippen LogP contribution is 2.31. The fourth-order valence-electron chi connectivity index (χ4n) is 3.75. The maximum absolute atomic E-state index is 12.0. The van der Waals surface area contributed by atoms with E-state index in [0.29, 0.717) is 24.9 Å². The number of nitrogens with zero attached hydrogens (tertiary/aromatic N) is 2. The number of nitrogens with one attached hydrogen (secondary N) is 1. The molecule has 0 radical (unpaired) electrons. The Morgan fingerprint density at radius 2 is 1.94 bits per heavy atom. The molecule has 174 valence electrons. The Balaban J connectivity index is 1.78. The number of amides is 2. The normalized spacial score (nSPS) is 11.7. The summed E-state index contributed by atoms with van der Waals surface area (Å²) in [6.45, 7) is 3.84. The van der Waals surface area contributed by atoms with Gasteiger partial charge >= 0.3 is 5.97 Å². The van der Waals surface area contributed by atoms with Gasteiger partial charge in [0.25, 0.3) is 5.91 Å². The first-order valence-electron chi connectivity index (χ1n) is 10.7. The molecule has 3 N–H and O–H groups in total. The van der Waals surface area contributed by atoms with E-state index in [-0.39, 0.29) is 5.91 Å². The van der Waals surface area contributed by atoms with Gasteiger partial charge in [-0.1, -0.05) is 30.3 Å². The average Bonchev–Trinajstić information content (AvgIpc) is 3.40. The van der Waals surface area contributed by atoms with Gasteiger partial charge in [-0.25, -0.2) is 9.78 Å². The van der Waals surface area contributed by atoms with Crippen LogP contribution in [0.3, 0.4) is 0 Å². The Morgan fingerprint density at radius 3 is 2.58 bits per heavy atom. The summed E-state index contributed by atoms with van der Waals surface area (Å²) in [5, 5.41) is 5.50. The number of esters is 1. The average molecular weight is 469 g/mol. The van der Waals surface area contributed by atoms with Gasteiger partial charge in [0.1, 0.15) is 11.0 Å². The number of primary amides is 1. The molecule has 0 spiro atoms. The van der Waals surface area contributed by atoms with Crippen molar-refractivity contribution in [1.29, 1.82) is 0 Å². The second kappa shape index (κ2) is 10.9. The van der Waals surface area contributed by atoms with Crippen molar-refractivity contribution < 1.29 is 19.1 Å². The number of aromatic nitrogens is 2. The molecule has 2 heterocycles. The van der Waals surface area contributed by atoms with Crippen LogP contribution in [0.2, 0.25) is 0 Å². The molecule has 9 heteroatoms. The smallest absolute Gasteiger partial charge is 0.328 e. The minimum atomic E-state index is -0.675. The number of unbranched alkanes of at least 4 members (excludes halogenated alkanes) is 1. The van der Waals surface area contributed by atoms with Gasteiger partial charge in [-0.15, -0.1) is 11.3 Å². The quantitative estimate of drug-likeness (QED) is 0.349. The summed E-state index contributed by atoms with van der Waals surface area (Å²) in [4.78, 5) is 40.0. The maximum atomic E-state index is 12.0. The van der Waals surface area contributed by atoms with E-state index in [1.165, 1.54) is 14.0 Å². The number of thiazole rings is 1. The molecule has 0 aliphatic carbocycles. The first-order valence-corrected chi connectivity index (χ1v) is 11.6. The van der Waals surface area contributed by atoms with E-state index in [2.05, 4.69) is 5.32 Å². The van der Waals surface area contributed by atoms with Crippen molar-refractivity contribution in [1.82, 2.24) is 14.9 Å². The maximum Gasteiger partial charge on any atom is 0.328 e. The van der Waals surface area contributed by atoms with Gasteiger partial charge in [-0.3, -0.25) is 9.59 Å². The highest BCUT2D eigenvalue weighted by Gasteiger charge is 2.21. The van der Waals surface area contributed by atoms with Crippen LogP contribution in [0, 0.1) is 6.92 Å². The van der Waals surface area contributed by atoms with E-state index in [1.54, 1.807) is 17.4 Å². The van der Waals surface area contributed by atoms with Crippen molar-refractivity contribution in [3.63, 3.8) is 0 Å². The van der Waals surface area contributed by atoms with Crippen molar-refractivity contribution in [2.24, 2.45) is 5.73 Å². The van der Waals surface area contributed by atoms with Crippen LogP contribution < -0.4 is 11.1 Å². The minimum absolute atomic E-state index is 0.280. The van der Waals surface area contributed by atoms with Gasteiger partial charge in [-0.05, 0) is 32.3 Å². The van der Waals surface area contributed by atoms with Crippen molar-refractivity contribution in [2.45, 2.75) is 45.7 Å². The Morgan fingerprint density at radius 1 is 1.21 bits per heavy atom. The molecule has 0 aliphatic rings. The Kier molecular flexibility index (Phi) is 8.00. The number of carbonyl (C=O) groups excluding carboxylic acids is 3. The number of nitrogens with two attached hydrogens (primary N) is 1. The molecular weight excluding hydrogens is 440 g/mol. The van der Waals surface area contributed by atoms with Gasteiger partial charge in [0.15, 0.2) is 0 Å². The van der Waals surface area contributed by atoms with E-state index in [1.807, 2.05) is 47.2 Å². The van der Waals surface area contributed by atoms with E-state index in [9.17, 15) is 14.4 Å². The van der Waals surface area contributed by atoms with Crippen LogP contribution in [0.4, 0.5) is 0 Å². The fourth-order valence-corrected chi connectivity index (χ4v) is 4.57. The fraction of sp³-hybridized carbons (Fsp3) is 0.333. The standard InChI is InChI=1S/C24H28N4O4S/c1-15-18(22(25)30)13-21(20-14-33-23(27-20)17-9-5-4-6-10-17)28(15)12-8-7-11-19(24(31)32-3)26-16(2)29/h4-6,9-10,13-14,19H,7-8,11-12H2,1-3H3,(H2,25,30)(H,26,29). The zero-order chi connectivity index (χ0) is 24.0. The summed E-state index contributed by atoms with van der Waals surface area (Å²) < 4.78 is 6.81. The lowest BCUT2D eigenvalue weighted by Gasteiger charge is -2.16. The predicted molar refractivity (Wildman–Crippen MR) is 128 cm³/mol. The molecule has 2 aromatic heterocycles. The molecule has 1 unspecified atom stereocenters. The van der Waals surface area contributed by atoms with E-state index >= 15 is 0 Å². The molecule has 0 saturated heterocycles. The third-order valence-electron chi connectivity index (χ3n) is 5.41. The van der Waals surface area contributed by atoms with Crippen molar-refractivity contribution in [3.8, 4) is 22.0 Å². The molecule has 3 rings (SSSR count). The van der Waals surface area contributed by atoms with Crippen LogP contribution in [0.1, 0.15) is 42.2 Å². The summed E-state index contributed by atoms with van der Waals surface area (Å²) in [6, 6.07) is 11.0. The lowest BCUT2D eigenvalue weighted by molar-refractivity contribution is -0.145. The van der Waals surface area contributed by atoms with Crippen molar-refractivity contribution >= 4 is 29.1 Å². The van der Waals surface area contributed by atoms with Crippen LogP contribution in [0.25, 0.3) is 22.0 Å². The van der Waals surface area contributed by atoms with Crippen LogP contribution in [-0.2, 0) is 20.9 Å². The highest BCUT2D eigenvalue weighted by atomic mass is 32.1. The molecule has 33 heavy (non-hydrogen) atoms. The molecule has 8 nitrogen and oxygen atoms in total. The largest absolute Gasteiger partial charge is 0.467 e. The number of ether oxygens (including phenoxy) is 1. The molecule has 0 saturated carbocycles. The van der Waals surface area contributed by atoms with Gasteiger partial charge in [-0.2, -0.15) is 0 Å². The molecule has 2 amide bonds. The summed E-state index contributed by atoms with van der Waals surface area (Å²) in [5.74, 6) is -1.23. The highest BCUT2D eigenvalue weighted by molar-refractivity contribution is 7.13. The Bertz CT molecular complexity index is 1140. The van der Waals surface area contributed by atoms with Gasteiger partial charge in [0, 0.05) is 30.1 Å². The number of benzene rings is 1. The van der Waals surface area contributed by atoms with Gasteiger partial charge in [0.05, 0.1) is 24.1 Å². The number of methoxy groups -OCH3 is 1. The predicted octanol–water partition coefficient (Wildman–Crippen LogP) is 3.53. The van der Waals surface area contributed by atoms with Crippen LogP contribution in [-0.4, -0.2) is 40.5 Å². The third kappa shape index (κ3) is 5.87. The summed E-state index contributed by atoms with van der Waals surface area (Å²) >= 11 is 1.54. The topological polar surface area (TPSA) is 116 Å². The minimum Gasteiger partial charge on any atom is -0.467 e. The summed E-state index contributed by atoms with van der Waals surface area (Å²) in [7, 11) is 1.30. The van der Waals surface area contributed by atoms with Crippen molar-refractivity contribution in [3.05, 3.63) is 53.0 Å². The monoisotopic (exact) mass is 468 g/mol. The number of rotatable bonds is 10. The van der Waals surface area contributed by atoms with Gasteiger partial charge in [0.2, 0.25) is 5.91 Å². The van der Waals surface area contributed by atoms with E-state index < -0.39 is 17.9 Å². The second-order valence-electron chi connectivity index (χ2n) is 7.72. The Hall–Kier alpha value is -3.46. The zero-order valence-electron chi connectivity index (χ0n) is 19.0. The molecule has 1 atom stereocenters. The Labute approximate surface area is 196 Å². The number of hydrogen-bond donors (Lipinski definition) is 2. The van der Waals surface area contributed by atoms with E-state index in [4.69, 9.17) is 15.5 Å². The molecule has 0 bridgehead atoms. The molecule has 0 aliphatic heterocycles. The second-order valence-corrected chi connectivity index (χ2v) is 8.58. The van der Waals surface area contributed by atoms with Crippen molar-refractivity contribution in [2.75, 3.05) is 7.11 Å². The molecule has 3 aromatic rings. The summed E-state index contributed by atoms with van der Waals surface area (Å²) in [6.07, 6.45) is 1.86. The van der Waals surface area contributed by atoms with Gasteiger partial charge < -0.3 is 20.4 Å². The van der Waals surface area contributed by atoms with E-state index in [0.717, 1.165) is 34.1 Å². The van der Waals surface area contributed by atoms with Crippen LogP contribution in [0.15, 0.2) is 41.8 Å². The zero-order valence-corrected chi connectivity index (χ0v) is 19.8. The number of hydrogen-bond acceptors (Lipinski definition) is 6. The summed E-state index contributed by atoms with van der Waals surface area (Å²) in [5.41, 5.74) is 9.47. The lowest BCUT2D eigenvalue weighted by Crippen LogP contribution is -2.40. The first kappa shape index (κ1) is 24.2. The molecule has 1 aromatic carbocycles. The SMILES string of the molecule is COC(=O)C(CCCCn1c(-c2csc(-c3ccccc3)n2)cc(C(N)=O)c1C)NC(C)=O. The first-order chi connectivity index (χ1) is 15.8. The molecule has 0 fully saturated rings. The van der Waals surface area contributed by atoms with Crippen LogP contribution in [0.5, 0.6) is 0 Å². The molecular formula is C24H28N4O4S. The lowest BCUT2D eigenvalue weighted by atomic mass is 10.1. The number of carbonyl (C=O) groups is 3. The van der Waals surface area contributed by atoms with Crippen LogP contribution >= 0.6 is 11.3 Å². The third-order valence-corrected chi connectivity index (χ3v) is 6.30.